The number of oxime groups is 1. The molecular weight excluding hydrogens is 712 g/mol. The first-order chi connectivity index (χ1) is 26.0. The number of aldehydes is 1. The SMILES string of the molecule is C=CCOC12Oc3ccc(Oc4cccc(C=O)c4)cc3C3C(CCCCO)C(CCCCO)C=C(C(=NOC(C)(C)C)CC1N(C)C(=O)OCCCl)C32. The molecule has 5 rings (SSSR count). The molecule has 0 aromatic heterocycles. The lowest BCUT2D eigenvalue weighted by Crippen LogP contribution is -2.69. The van der Waals surface area contributed by atoms with Gasteiger partial charge in [0.05, 0.1) is 24.1 Å². The first-order valence-corrected chi connectivity index (χ1v) is 19.5. The number of amides is 1. The summed E-state index contributed by atoms with van der Waals surface area (Å²) in [5.74, 6) is -0.153. The standard InChI is InChI=1S/C42H55ClN2O9/c1-6-21-51-42-37(45(5)40(49)50-22-18-43)26-35(44-54-41(2,3)4)33-24-29(13-7-9-19-46)32(15-8-10-20-47)38(39(33)42)34-25-31(16-17-36(34)53-42)52-30-14-11-12-28(23-30)27-48/h6,11-12,14,16-17,23-25,27,29,32,37-39,46-47H,1,7-10,13,15,18-22,26H2,2-5H3. The second-order valence-corrected chi connectivity index (χ2v) is 15.6. The van der Waals surface area contributed by atoms with Crippen LogP contribution < -0.4 is 9.47 Å². The fourth-order valence-electron chi connectivity index (χ4n) is 8.13. The summed E-state index contributed by atoms with van der Waals surface area (Å²) in [6.07, 6.45) is 8.97. The van der Waals surface area contributed by atoms with Gasteiger partial charge in [-0.2, -0.15) is 0 Å². The van der Waals surface area contributed by atoms with Crippen molar-refractivity contribution in [3.8, 4) is 17.2 Å². The number of halogens is 1. The van der Waals surface area contributed by atoms with E-state index in [4.69, 9.17) is 40.5 Å². The number of benzene rings is 2. The lowest BCUT2D eigenvalue weighted by atomic mass is 9.55. The van der Waals surface area contributed by atoms with Crippen molar-refractivity contribution in [3.05, 3.63) is 77.9 Å². The third kappa shape index (κ3) is 9.30. The molecule has 0 radical (unpaired) electrons. The van der Waals surface area contributed by atoms with E-state index in [1.165, 1.54) is 4.90 Å². The van der Waals surface area contributed by atoms with Gasteiger partial charge in [0.2, 0.25) is 5.79 Å². The van der Waals surface area contributed by atoms with E-state index < -0.39 is 29.4 Å². The molecular formula is C42H55ClN2O9. The van der Waals surface area contributed by atoms with Gasteiger partial charge < -0.3 is 38.9 Å². The maximum atomic E-state index is 13.7. The summed E-state index contributed by atoms with van der Waals surface area (Å²) < 4.78 is 25.9. The van der Waals surface area contributed by atoms with Crippen molar-refractivity contribution in [2.45, 2.75) is 89.1 Å². The highest BCUT2D eigenvalue weighted by molar-refractivity contribution is 6.18. The lowest BCUT2D eigenvalue weighted by Gasteiger charge is -2.59. The fraction of sp³-hybridized carbons (Fsp3) is 0.548. The summed E-state index contributed by atoms with van der Waals surface area (Å²) in [5.41, 5.74) is 2.44. The zero-order chi connectivity index (χ0) is 38.9. The minimum atomic E-state index is -1.40. The molecule has 12 heteroatoms. The molecule has 6 atom stereocenters. The zero-order valence-electron chi connectivity index (χ0n) is 31.9. The van der Waals surface area contributed by atoms with E-state index in [1.807, 2.05) is 39.0 Å². The van der Waals surface area contributed by atoms with E-state index >= 15 is 0 Å². The third-order valence-corrected chi connectivity index (χ3v) is 10.5. The van der Waals surface area contributed by atoms with Crippen LogP contribution in [0.15, 0.2) is 71.9 Å². The van der Waals surface area contributed by atoms with Crippen molar-refractivity contribution in [1.29, 1.82) is 0 Å². The number of hydrogen-bond donors (Lipinski definition) is 2. The number of allylic oxidation sites excluding steroid dienone is 1. The Bertz CT molecular complexity index is 1670. The summed E-state index contributed by atoms with van der Waals surface area (Å²) in [4.78, 5) is 32.8. The summed E-state index contributed by atoms with van der Waals surface area (Å²) >= 11 is 5.92. The van der Waals surface area contributed by atoms with Crippen molar-refractivity contribution >= 4 is 29.7 Å². The Morgan fingerprint density at radius 3 is 2.52 bits per heavy atom. The van der Waals surface area contributed by atoms with Crippen molar-refractivity contribution in [3.63, 3.8) is 0 Å². The molecule has 1 saturated carbocycles. The van der Waals surface area contributed by atoms with E-state index in [2.05, 4.69) is 12.7 Å². The second-order valence-electron chi connectivity index (χ2n) is 15.2. The molecule has 0 saturated heterocycles. The quantitative estimate of drug-likeness (QED) is 0.0508. The first-order valence-electron chi connectivity index (χ1n) is 19.0. The van der Waals surface area contributed by atoms with Crippen molar-refractivity contribution in [1.82, 2.24) is 4.90 Å². The second kappa shape index (κ2) is 18.6. The normalized spacial score (nSPS) is 25.1. The first kappa shape index (κ1) is 41.3. The third-order valence-electron chi connectivity index (χ3n) is 10.4. The molecule has 54 heavy (non-hydrogen) atoms. The van der Waals surface area contributed by atoms with Crippen molar-refractivity contribution in [2.24, 2.45) is 22.9 Å². The highest BCUT2D eigenvalue weighted by Gasteiger charge is 2.65. The number of aliphatic hydroxyl groups is 2. The van der Waals surface area contributed by atoms with Gasteiger partial charge in [-0.1, -0.05) is 42.3 Å². The van der Waals surface area contributed by atoms with Crippen LogP contribution in [0.1, 0.15) is 87.6 Å². The number of carbonyl (C=O) groups excluding carboxylic acids is 2. The number of likely N-dealkylation sites (N-methyl/N-ethyl adjacent to an activating group) is 1. The Morgan fingerprint density at radius 2 is 1.83 bits per heavy atom. The molecule has 0 bridgehead atoms. The van der Waals surface area contributed by atoms with Crippen molar-refractivity contribution < 1.29 is 43.6 Å². The van der Waals surface area contributed by atoms with Gasteiger partial charge in [0, 0.05) is 43.7 Å². The monoisotopic (exact) mass is 766 g/mol. The molecule has 1 heterocycles. The minimum absolute atomic E-state index is 0.0356. The maximum Gasteiger partial charge on any atom is 0.410 e. The van der Waals surface area contributed by atoms with Gasteiger partial charge >= 0.3 is 6.09 Å². The molecule has 1 aliphatic heterocycles. The molecule has 2 aliphatic carbocycles. The molecule has 1 fully saturated rings. The Hall–Kier alpha value is -3.90. The zero-order valence-corrected chi connectivity index (χ0v) is 32.6. The van der Waals surface area contributed by atoms with Gasteiger partial charge in [-0.25, -0.2) is 4.79 Å². The number of fused-ring (bicyclic) bond motifs is 2. The Morgan fingerprint density at radius 1 is 1.09 bits per heavy atom. The van der Waals surface area contributed by atoms with Crippen LogP contribution in [0.5, 0.6) is 17.2 Å². The predicted octanol–water partition coefficient (Wildman–Crippen LogP) is 8.03. The van der Waals surface area contributed by atoms with E-state index in [-0.39, 0.29) is 56.5 Å². The van der Waals surface area contributed by atoms with Crippen LogP contribution in [-0.2, 0) is 14.3 Å². The Labute approximate surface area is 323 Å². The molecule has 11 nitrogen and oxygen atoms in total. The van der Waals surface area contributed by atoms with Gasteiger partial charge in [0.25, 0.3) is 0 Å². The predicted molar refractivity (Wildman–Crippen MR) is 208 cm³/mol. The van der Waals surface area contributed by atoms with Gasteiger partial charge in [0.1, 0.15) is 41.8 Å². The van der Waals surface area contributed by atoms with Crippen molar-refractivity contribution in [2.75, 3.05) is 39.4 Å². The number of alkyl halides is 1. The molecule has 294 valence electrons. The summed E-state index contributed by atoms with van der Waals surface area (Å²) in [6.45, 7) is 10.1. The molecule has 2 aromatic rings. The number of hydrogen-bond acceptors (Lipinski definition) is 10. The average molecular weight is 767 g/mol. The van der Waals surface area contributed by atoms with Gasteiger partial charge in [-0.3, -0.25) is 4.79 Å². The summed E-state index contributed by atoms with van der Waals surface area (Å²) in [5, 5.41) is 24.4. The molecule has 2 N–H and O–H groups in total. The number of rotatable bonds is 18. The van der Waals surface area contributed by atoms with Gasteiger partial charge in [-0.15, -0.1) is 18.2 Å². The van der Waals surface area contributed by atoms with Gasteiger partial charge in [-0.05, 0) is 94.2 Å². The number of aliphatic hydroxyl groups excluding tert-OH is 2. The highest BCUT2D eigenvalue weighted by atomic mass is 35.5. The van der Waals surface area contributed by atoms with E-state index in [0.29, 0.717) is 41.4 Å². The van der Waals surface area contributed by atoms with Crippen LogP contribution in [0.25, 0.3) is 0 Å². The molecule has 1 amide bonds. The smallest absolute Gasteiger partial charge is 0.410 e. The van der Waals surface area contributed by atoms with Crippen LogP contribution in [0, 0.1) is 17.8 Å². The van der Waals surface area contributed by atoms with Crippen LogP contribution in [0.2, 0.25) is 0 Å². The molecule has 2 aromatic carbocycles. The Kier molecular flexibility index (Phi) is 14.2. The topological polar surface area (TPSA) is 136 Å². The van der Waals surface area contributed by atoms with Crippen LogP contribution in [0.4, 0.5) is 4.79 Å². The van der Waals surface area contributed by atoms with Crippen LogP contribution in [-0.4, -0.2) is 90.0 Å². The van der Waals surface area contributed by atoms with Crippen LogP contribution in [0.3, 0.4) is 0 Å². The Balaban J connectivity index is 1.76. The summed E-state index contributed by atoms with van der Waals surface area (Å²) in [6, 6.07) is 12.0. The largest absolute Gasteiger partial charge is 0.459 e. The summed E-state index contributed by atoms with van der Waals surface area (Å²) in [7, 11) is 1.68. The molecule has 0 spiro atoms. The van der Waals surface area contributed by atoms with E-state index in [9.17, 15) is 19.8 Å². The number of ether oxygens (including phenoxy) is 4. The van der Waals surface area contributed by atoms with Gasteiger partial charge in [0.15, 0.2) is 0 Å². The molecule has 3 aliphatic rings. The maximum absolute atomic E-state index is 13.7. The average Bonchev–Trinajstić information content (AvgIpc) is 3.16. The minimum Gasteiger partial charge on any atom is -0.459 e. The van der Waals surface area contributed by atoms with Crippen LogP contribution >= 0.6 is 11.6 Å². The number of carbonyl (C=O) groups is 2. The number of unbranched alkanes of at least 4 members (excludes halogenated alkanes) is 2. The number of nitrogens with zero attached hydrogens (tertiary/aromatic N) is 2. The van der Waals surface area contributed by atoms with E-state index in [1.54, 1.807) is 37.4 Å². The fourth-order valence-corrected chi connectivity index (χ4v) is 8.20. The lowest BCUT2D eigenvalue weighted by molar-refractivity contribution is -0.253. The van der Waals surface area contributed by atoms with E-state index in [0.717, 1.165) is 43.1 Å². The highest BCUT2D eigenvalue weighted by Crippen LogP contribution is 2.62. The molecule has 6 unspecified atom stereocenters.